The molecule has 1 amide bonds. The molecule has 0 saturated heterocycles. The molecule has 1 aromatic heterocycles. The number of nitrogens with one attached hydrogen (secondary N) is 1. The lowest BCUT2D eigenvalue weighted by molar-refractivity contribution is -0.687. The van der Waals surface area contributed by atoms with Crippen LogP contribution in [0.5, 0.6) is 0 Å². The molecule has 3 nitrogen and oxygen atoms in total. The predicted molar refractivity (Wildman–Crippen MR) is 95.9 cm³/mol. The topological polar surface area (TPSA) is 33.0 Å². The Morgan fingerprint density at radius 1 is 1.00 bits per heavy atom. The minimum atomic E-state index is -0.0533. The van der Waals surface area contributed by atoms with Crippen molar-refractivity contribution in [2.75, 3.05) is 5.32 Å². The second-order valence-electron chi connectivity index (χ2n) is 3.93. The lowest BCUT2D eigenvalue weighted by Crippen LogP contribution is -2.33. The van der Waals surface area contributed by atoms with Crippen molar-refractivity contribution in [1.82, 2.24) is 0 Å². The number of carbonyl (C=O) groups excluding carboxylic acids is 1. The van der Waals surface area contributed by atoms with Gasteiger partial charge in [0.2, 0.25) is 5.91 Å². The maximum absolute atomic E-state index is 11.0. The van der Waals surface area contributed by atoms with Gasteiger partial charge in [0.05, 0.1) is 0 Å². The normalized spacial score (nSPS) is 8.23. The highest BCUT2D eigenvalue weighted by Crippen LogP contribution is 2.03. The fourth-order valence-electron chi connectivity index (χ4n) is 1.69. The smallest absolute Gasteiger partial charge is 0.221 e. The summed E-state index contributed by atoms with van der Waals surface area (Å²) in [5, 5.41) is 2.77. The lowest BCUT2D eigenvalue weighted by atomic mass is 10.2. The van der Waals surface area contributed by atoms with Gasteiger partial charge in [-0.1, -0.05) is 65.5 Å². The summed E-state index contributed by atoms with van der Waals surface area (Å²) in [6.45, 7) is 10.3. The fourth-order valence-corrected chi connectivity index (χ4v) is 1.69. The molecule has 0 saturated carbocycles. The Morgan fingerprint density at radius 3 is 2.14 bits per heavy atom. The first-order valence-corrected chi connectivity index (χ1v) is 7.55. The van der Waals surface area contributed by atoms with E-state index < -0.39 is 0 Å². The zero-order valence-electron chi connectivity index (χ0n) is 13.8. The van der Waals surface area contributed by atoms with Gasteiger partial charge in [-0.25, -0.2) is 0 Å². The molecule has 1 heterocycles. The number of amides is 1. The number of hydrogen-bond acceptors (Lipinski definition) is 1. The van der Waals surface area contributed by atoms with Crippen LogP contribution in [0.25, 0.3) is 0 Å². The van der Waals surface area contributed by atoms with Gasteiger partial charge in [-0.3, -0.25) is 4.79 Å². The van der Waals surface area contributed by atoms with Gasteiger partial charge in [-0.2, -0.15) is 4.57 Å². The van der Waals surface area contributed by atoms with Crippen LogP contribution in [0.2, 0.25) is 0 Å². The maximum atomic E-state index is 11.0. The highest BCUT2D eigenvalue weighted by molar-refractivity contribution is 5.88. The summed E-state index contributed by atoms with van der Waals surface area (Å²) in [6.07, 6.45) is 3.91. The Hall–Kier alpha value is -2.16. The van der Waals surface area contributed by atoms with E-state index in [9.17, 15) is 4.79 Å². The van der Waals surface area contributed by atoms with Crippen LogP contribution in [0.1, 0.15) is 47.6 Å². The zero-order valence-corrected chi connectivity index (χ0v) is 13.8. The van der Waals surface area contributed by atoms with Gasteiger partial charge in [0.1, 0.15) is 5.69 Å². The van der Waals surface area contributed by atoms with Crippen LogP contribution in [0, 0.1) is 0 Å². The average Bonchev–Trinajstić information content (AvgIpc) is 2.52. The van der Waals surface area contributed by atoms with Crippen molar-refractivity contribution in [3.63, 3.8) is 0 Å². The van der Waals surface area contributed by atoms with Gasteiger partial charge < -0.3 is 5.32 Å². The molecule has 0 aliphatic carbocycles. The first-order chi connectivity index (χ1) is 10.2. The van der Waals surface area contributed by atoms with Crippen molar-refractivity contribution in [3.05, 3.63) is 60.4 Å². The van der Waals surface area contributed by atoms with Crippen molar-refractivity contribution < 1.29 is 9.36 Å². The zero-order chi connectivity index (χ0) is 16.1. The molecule has 22 heavy (non-hydrogen) atoms. The van der Waals surface area contributed by atoms with Crippen molar-refractivity contribution in [2.45, 2.75) is 48.6 Å². The van der Waals surface area contributed by atoms with Gasteiger partial charge in [-0.15, -0.1) is 0 Å². The molecule has 1 N–H and O–H groups in total. The number of aromatic nitrogens is 1. The van der Waals surface area contributed by atoms with Gasteiger partial charge in [0.25, 0.3) is 0 Å². The van der Waals surface area contributed by atoms with E-state index in [1.165, 1.54) is 12.5 Å². The summed E-state index contributed by atoms with van der Waals surface area (Å²) in [7, 11) is 0. The molecular weight excluding hydrogens is 272 g/mol. The van der Waals surface area contributed by atoms with E-state index in [0.29, 0.717) is 0 Å². The number of anilines is 1. The predicted octanol–water partition coefficient (Wildman–Crippen LogP) is 4.67. The van der Waals surface area contributed by atoms with Crippen LogP contribution in [0.15, 0.2) is 54.9 Å². The summed E-state index contributed by atoms with van der Waals surface area (Å²) in [5.74, 6) is -0.0533. The Bertz CT molecular complexity index is 510. The van der Waals surface area contributed by atoms with E-state index in [2.05, 4.69) is 17.4 Å². The van der Waals surface area contributed by atoms with E-state index in [1.54, 1.807) is 0 Å². The quantitative estimate of drug-likeness (QED) is 0.821. The number of carbonyl (C=O) groups is 1. The van der Waals surface area contributed by atoms with Crippen molar-refractivity contribution in [2.24, 2.45) is 0 Å². The fraction of sp³-hybridized carbons (Fsp3) is 0.368. The van der Waals surface area contributed by atoms with E-state index in [4.69, 9.17) is 0 Å². The lowest BCUT2D eigenvalue weighted by Gasteiger charge is -2.01. The molecule has 1 aromatic carbocycles. The summed E-state index contributed by atoms with van der Waals surface area (Å²) in [6, 6.07) is 14.0. The van der Waals surface area contributed by atoms with E-state index in [0.717, 1.165) is 12.2 Å². The molecule has 0 spiro atoms. The molecule has 0 unspecified atom stereocenters. The van der Waals surface area contributed by atoms with Crippen LogP contribution in [0.4, 0.5) is 5.69 Å². The highest BCUT2D eigenvalue weighted by atomic mass is 16.1. The number of pyridine rings is 1. The van der Waals surface area contributed by atoms with Gasteiger partial charge in [-0.05, 0) is 6.07 Å². The van der Waals surface area contributed by atoms with Crippen LogP contribution >= 0.6 is 0 Å². The van der Waals surface area contributed by atoms with Crippen molar-refractivity contribution >= 4 is 11.6 Å². The molecule has 2 aromatic rings. The minimum absolute atomic E-state index is 0. The number of hydrogen-bond donors (Lipinski definition) is 1. The molecule has 0 fully saturated rings. The van der Waals surface area contributed by atoms with Gasteiger partial charge >= 0.3 is 0 Å². The van der Waals surface area contributed by atoms with E-state index >= 15 is 0 Å². The largest absolute Gasteiger partial charge is 0.321 e. The van der Waals surface area contributed by atoms with Crippen LogP contribution < -0.4 is 9.88 Å². The second kappa shape index (κ2) is 13.8. The van der Waals surface area contributed by atoms with Crippen molar-refractivity contribution in [1.29, 1.82) is 0 Å². The number of rotatable bonds is 3. The summed E-state index contributed by atoms with van der Waals surface area (Å²) < 4.78 is 2.04. The van der Waals surface area contributed by atoms with Gasteiger partial charge in [0, 0.05) is 18.6 Å². The molecule has 122 valence electrons. The Balaban J connectivity index is 0. The molecule has 0 aliphatic heterocycles. The summed E-state index contributed by atoms with van der Waals surface area (Å²) in [4.78, 5) is 11.0. The molecular formula is C19H31N2O+. The highest BCUT2D eigenvalue weighted by Gasteiger charge is 2.04. The molecule has 2 rings (SSSR count). The van der Waals surface area contributed by atoms with Gasteiger partial charge in [0.15, 0.2) is 18.9 Å². The van der Waals surface area contributed by atoms with Crippen molar-refractivity contribution in [3.8, 4) is 0 Å². The van der Waals surface area contributed by atoms with Crippen LogP contribution in [0.3, 0.4) is 0 Å². The third-order valence-corrected chi connectivity index (χ3v) is 2.39. The maximum Gasteiger partial charge on any atom is 0.221 e. The molecule has 3 heteroatoms. The van der Waals surface area contributed by atoms with Crippen LogP contribution in [-0.2, 0) is 11.3 Å². The standard InChI is InChI=1S/C14H14N2O.2C2H6.CH4/c1-12(17)15-14-8-5-9-16(11-14)10-13-6-3-2-4-7-13;2*1-2;/h2-9,11H,10H2,1H3;2*1-2H3;1H4/p+1. The first kappa shape index (κ1) is 22.1. The average molecular weight is 303 g/mol. The molecule has 0 bridgehead atoms. The number of nitrogens with zero attached hydrogens (tertiary/aromatic N) is 1. The Labute approximate surface area is 136 Å². The Morgan fingerprint density at radius 2 is 1.59 bits per heavy atom. The monoisotopic (exact) mass is 303 g/mol. The van der Waals surface area contributed by atoms with E-state index in [1.807, 2.05) is 75.0 Å². The Kier molecular flexibility index (Phi) is 13.9. The minimum Gasteiger partial charge on any atom is -0.321 e. The summed E-state index contributed by atoms with van der Waals surface area (Å²) >= 11 is 0. The molecule has 0 aliphatic rings. The first-order valence-electron chi connectivity index (χ1n) is 7.55. The number of benzene rings is 1. The molecule has 0 radical (unpaired) electrons. The summed E-state index contributed by atoms with van der Waals surface area (Å²) in [5.41, 5.74) is 2.05. The molecule has 0 atom stereocenters. The van der Waals surface area contributed by atoms with E-state index in [-0.39, 0.29) is 13.3 Å². The van der Waals surface area contributed by atoms with Crippen LogP contribution in [-0.4, -0.2) is 5.91 Å². The third kappa shape index (κ3) is 8.90. The second-order valence-corrected chi connectivity index (χ2v) is 3.93. The third-order valence-electron chi connectivity index (χ3n) is 2.39. The SMILES string of the molecule is C.CC.CC.CC(=O)Nc1ccc[n+](Cc2ccccc2)c1.